The molecule has 0 N–H and O–H groups in total. The molecule has 3 aromatic rings. The van der Waals surface area contributed by atoms with Crippen LogP contribution in [0.3, 0.4) is 0 Å². The average Bonchev–Trinajstić information content (AvgIpc) is 3.45. The van der Waals surface area contributed by atoms with E-state index < -0.39 is 0 Å². The fourth-order valence-corrected chi connectivity index (χ4v) is 4.55. The third-order valence-electron chi connectivity index (χ3n) is 5.90. The summed E-state index contributed by atoms with van der Waals surface area (Å²) in [5, 5.41) is 4.10. The number of pyridine rings is 1. The molecule has 3 atom stereocenters. The number of aromatic nitrogens is 2. The Bertz CT molecular complexity index is 1040. The SMILES string of the molecule is Cc1ccc(OC2CC3CC2N(C(=O)c2ccccc2-c2cc(C)on2)C3)nc1. The van der Waals surface area contributed by atoms with Gasteiger partial charge in [0.1, 0.15) is 17.6 Å². The zero-order chi connectivity index (χ0) is 20.0. The number of piperidine rings is 1. The molecule has 1 saturated heterocycles. The van der Waals surface area contributed by atoms with Crippen LogP contribution in [0.2, 0.25) is 0 Å². The first kappa shape index (κ1) is 17.9. The second-order valence-corrected chi connectivity index (χ2v) is 8.06. The molecule has 6 nitrogen and oxygen atoms in total. The molecule has 2 bridgehead atoms. The Labute approximate surface area is 169 Å². The largest absolute Gasteiger partial charge is 0.472 e. The van der Waals surface area contributed by atoms with Gasteiger partial charge in [-0.05, 0) is 44.2 Å². The van der Waals surface area contributed by atoms with Crippen LogP contribution in [-0.4, -0.2) is 39.6 Å². The number of amides is 1. The maximum atomic E-state index is 13.5. The number of carbonyl (C=O) groups excluding carboxylic acids is 1. The Morgan fingerprint density at radius 2 is 2.03 bits per heavy atom. The number of hydrogen-bond acceptors (Lipinski definition) is 5. The fourth-order valence-electron chi connectivity index (χ4n) is 4.55. The van der Waals surface area contributed by atoms with Gasteiger partial charge in [0.15, 0.2) is 0 Å². The van der Waals surface area contributed by atoms with Crippen molar-refractivity contribution >= 4 is 5.91 Å². The van der Waals surface area contributed by atoms with Gasteiger partial charge in [0, 0.05) is 36.0 Å². The van der Waals surface area contributed by atoms with E-state index >= 15 is 0 Å². The molecule has 0 radical (unpaired) electrons. The average molecular weight is 389 g/mol. The van der Waals surface area contributed by atoms with E-state index in [-0.39, 0.29) is 18.1 Å². The fraction of sp³-hybridized carbons (Fsp3) is 0.348. The van der Waals surface area contributed by atoms with Crippen molar-refractivity contribution < 1.29 is 14.1 Å². The summed E-state index contributed by atoms with van der Waals surface area (Å²) in [5.41, 5.74) is 3.24. The van der Waals surface area contributed by atoms with E-state index in [4.69, 9.17) is 9.26 Å². The standard InChI is InChI=1S/C23H23N3O3/c1-14-7-8-22(24-12-14)28-21-11-16-10-20(21)26(13-16)23(27)18-6-4-3-5-17(18)19-9-15(2)29-25-19/h3-9,12,16,20-21H,10-11,13H2,1-2H3. The van der Waals surface area contributed by atoms with Gasteiger partial charge in [-0.25, -0.2) is 4.98 Å². The van der Waals surface area contributed by atoms with Crippen LogP contribution in [0.15, 0.2) is 53.2 Å². The van der Waals surface area contributed by atoms with E-state index in [9.17, 15) is 4.79 Å². The molecule has 1 aromatic carbocycles. The Balaban J connectivity index is 1.39. The third-order valence-corrected chi connectivity index (χ3v) is 5.90. The van der Waals surface area contributed by atoms with Crippen molar-refractivity contribution in [1.29, 1.82) is 0 Å². The van der Waals surface area contributed by atoms with Crippen LogP contribution in [0.1, 0.15) is 34.5 Å². The Morgan fingerprint density at radius 1 is 1.17 bits per heavy atom. The summed E-state index contributed by atoms with van der Waals surface area (Å²) in [5.74, 6) is 1.85. The molecule has 148 valence electrons. The maximum Gasteiger partial charge on any atom is 0.254 e. The minimum Gasteiger partial charge on any atom is -0.472 e. The minimum atomic E-state index is -0.0191. The Kier molecular flexibility index (Phi) is 4.34. The summed E-state index contributed by atoms with van der Waals surface area (Å²) in [6.45, 7) is 4.63. The third kappa shape index (κ3) is 3.28. The number of fused-ring (bicyclic) bond motifs is 2. The van der Waals surface area contributed by atoms with E-state index in [1.807, 2.05) is 67.4 Å². The number of nitrogens with zero attached hydrogens (tertiary/aromatic N) is 3. The monoisotopic (exact) mass is 389 g/mol. The lowest BCUT2D eigenvalue weighted by molar-refractivity contribution is 0.0467. The highest BCUT2D eigenvalue weighted by Gasteiger charge is 2.48. The molecule has 3 unspecified atom stereocenters. The molecular weight excluding hydrogens is 366 g/mol. The molecule has 1 saturated carbocycles. The van der Waals surface area contributed by atoms with Crippen LogP contribution < -0.4 is 4.74 Å². The summed E-state index contributed by atoms with van der Waals surface area (Å²) < 4.78 is 11.4. The number of carbonyl (C=O) groups is 1. The number of benzene rings is 1. The molecule has 0 spiro atoms. The molecular formula is C23H23N3O3. The lowest BCUT2D eigenvalue weighted by atomic mass is 10.0. The molecule has 1 aliphatic heterocycles. The number of likely N-dealkylation sites (tertiary alicyclic amines) is 1. The van der Waals surface area contributed by atoms with Gasteiger partial charge in [0.2, 0.25) is 5.88 Å². The summed E-state index contributed by atoms with van der Waals surface area (Å²) in [6.07, 6.45) is 3.73. The highest BCUT2D eigenvalue weighted by molar-refractivity contribution is 6.00. The van der Waals surface area contributed by atoms with E-state index in [0.29, 0.717) is 23.1 Å². The normalized spacial score (nSPS) is 22.8. The van der Waals surface area contributed by atoms with Crippen molar-refractivity contribution in [2.75, 3.05) is 6.54 Å². The lowest BCUT2D eigenvalue weighted by Crippen LogP contribution is -2.47. The van der Waals surface area contributed by atoms with Crippen LogP contribution in [-0.2, 0) is 0 Å². The molecule has 5 rings (SSSR count). The second-order valence-electron chi connectivity index (χ2n) is 8.06. The van der Waals surface area contributed by atoms with Crippen LogP contribution in [0.5, 0.6) is 5.88 Å². The smallest absolute Gasteiger partial charge is 0.254 e. The predicted molar refractivity (Wildman–Crippen MR) is 108 cm³/mol. The van der Waals surface area contributed by atoms with Crippen LogP contribution in [0, 0.1) is 19.8 Å². The molecule has 29 heavy (non-hydrogen) atoms. The van der Waals surface area contributed by atoms with E-state index in [2.05, 4.69) is 10.1 Å². The van der Waals surface area contributed by atoms with Crippen LogP contribution in [0.4, 0.5) is 0 Å². The Hall–Kier alpha value is -3.15. The first-order chi connectivity index (χ1) is 14.1. The van der Waals surface area contributed by atoms with Crippen LogP contribution >= 0.6 is 0 Å². The van der Waals surface area contributed by atoms with Gasteiger partial charge in [-0.15, -0.1) is 0 Å². The quantitative estimate of drug-likeness (QED) is 0.674. The molecule has 2 aliphatic rings. The summed E-state index contributed by atoms with van der Waals surface area (Å²) >= 11 is 0. The second kappa shape index (κ2) is 7.03. The van der Waals surface area contributed by atoms with Gasteiger partial charge in [-0.3, -0.25) is 4.79 Å². The van der Waals surface area contributed by atoms with Crippen molar-refractivity contribution in [3.63, 3.8) is 0 Å². The van der Waals surface area contributed by atoms with Crippen LogP contribution in [0.25, 0.3) is 11.3 Å². The summed E-state index contributed by atoms with van der Waals surface area (Å²) in [4.78, 5) is 19.8. The molecule has 2 aromatic heterocycles. The highest BCUT2D eigenvalue weighted by Crippen LogP contribution is 2.41. The number of hydrogen-bond donors (Lipinski definition) is 0. The van der Waals surface area contributed by atoms with E-state index in [1.165, 1.54) is 0 Å². The first-order valence-corrected chi connectivity index (χ1v) is 10.0. The number of ether oxygens (including phenoxy) is 1. The molecule has 1 amide bonds. The van der Waals surface area contributed by atoms with E-state index in [1.54, 1.807) is 0 Å². The maximum absolute atomic E-state index is 13.5. The Morgan fingerprint density at radius 3 is 2.76 bits per heavy atom. The predicted octanol–water partition coefficient (Wildman–Crippen LogP) is 4.04. The number of rotatable bonds is 4. The zero-order valence-electron chi connectivity index (χ0n) is 16.5. The minimum absolute atomic E-state index is 0.0191. The van der Waals surface area contributed by atoms with Crippen molar-refractivity contribution in [2.24, 2.45) is 5.92 Å². The van der Waals surface area contributed by atoms with Gasteiger partial charge in [0.05, 0.1) is 6.04 Å². The van der Waals surface area contributed by atoms with Gasteiger partial charge >= 0.3 is 0 Å². The van der Waals surface area contributed by atoms with Crippen molar-refractivity contribution in [1.82, 2.24) is 15.0 Å². The molecule has 3 heterocycles. The highest BCUT2D eigenvalue weighted by atomic mass is 16.5. The number of aryl methyl sites for hydroxylation is 2. The van der Waals surface area contributed by atoms with Gasteiger partial charge < -0.3 is 14.2 Å². The van der Waals surface area contributed by atoms with Gasteiger partial charge in [-0.2, -0.15) is 0 Å². The summed E-state index contributed by atoms with van der Waals surface area (Å²) in [7, 11) is 0. The molecule has 1 aliphatic carbocycles. The zero-order valence-corrected chi connectivity index (χ0v) is 16.5. The molecule has 2 fully saturated rings. The van der Waals surface area contributed by atoms with Crippen molar-refractivity contribution in [3.05, 3.63) is 65.5 Å². The first-order valence-electron chi connectivity index (χ1n) is 10.0. The van der Waals surface area contributed by atoms with E-state index in [0.717, 1.165) is 36.3 Å². The topological polar surface area (TPSA) is 68.5 Å². The van der Waals surface area contributed by atoms with Crippen molar-refractivity contribution in [2.45, 2.75) is 38.8 Å². The lowest BCUT2D eigenvalue weighted by Gasteiger charge is -2.33. The van der Waals surface area contributed by atoms with Gasteiger partial charge in [-0.1, -0.05) is 29.4 Å². The van der Waals surface area contributed by atoms with Gasteiger partial charge in [0.25, 0.3) is 5.91 Å². The van der Waals surface area contributed by atoms with Crippen molar-refractivity contribution in [3.8, 4) is 17.1 Å². The molecule has 6 heteroatoms. The summed E-state index contributed by atoms with van der Waals surface area (Å²) in [6, 6.07) is 13.4.